The topological polar surface area (TPSA) is 49.4 Å². The number of nitrogens with one attached hydrogen (secondary N) is 1. The van der Waals surface area contributed by atoms with Gasteiger partial charge in [-0.15, -0.1) is 0 Å². The van der Waals surface area contributed by atoms with Crippen LogP contribution >= 0.6 is 0 Å². The Bertz CT molecular complexity index is 384. The Morgan fingerprint density at radius 1 is 1.26 bits per heavy atom. The van der Waals surface area contributed by atoms with E-state index in [1.54, 1.807) is 0 Å². The van der Waals surface area contributed by atoms with Crippen LogP contribution in [0.1, 0.15) is 58.3 Å². The number of rotatable bonds is 4. The second kappa shape index (κ2) is 4.80. The highest BCUT2D eigenvalue weighted by atomic mass is 16.2. The van der Waals surface area contributed by atoms with Crippen molar-refractivity contribution in [3.8, 4) is 0 Å². The van der Waals surface area contributed by atoms with E-state index in [1.165, 1.54) is 12.8 Å². The predicted molar refractivity (Wildman–Crippen MR) is 72.5 cm³/mol. The van der Waals surface area contributed by atoms with E-state index in [2.05, 4.69) is 12.2 Å². The summed E-state index contributed by atoms with van der Waals surface area (Å²) in [6.45, 7) is 2.88. The number of hydrogen-bond donors (Lipinski definition) is 1. The van der Waals surface area contributed by atoms with Crippen LogP contribution in [0.15, 0.2) is 0 Å². The number of hydrogen-bond acceptors (Lipinski definition) is 2. The highest BCUT2D eigenvalue weighted by Crippen LogP contribution is 2.38. The zero-order chi connectivity index (χ0) is 13.5. The fourth-order valence-electron chi connectivity index (χ4n) is 3.60. The molecule has 0 aromatic carbocycles. The first kappa shape index (κ1) is 12.9. The lowest BCUT2D eigenvalue weighted by Gasteiger charge is -2.44. The Balaban J connectivity index is 1.83. The van der Waals surface area contributed by atoms with Crippen LogP contribution in [0.2, 0.25) is 0 Å². The van der Waals surface area contributed by atoms with Crippen LogP contribution in [0.25, 0.3) is 0 Å². The van der Waals surface area contributed by atoms with Gasteiger partial charge in [0.2, 0.25) is 11.8 Å². The Morgan fingerprint density at radius 2 is 1.95 bits per heavy atom. The van der Waals surface area contributed by atoms with Crippen molar-refractivity contribution in [1.29, 1.82) is 0 Å². The summed E-state index contributed by atoms with van der Waals surface area (Å²) >= 11 is 0. The number of amides is 2. The van der Waals surface area contributed by atoms with Gasteiger partial charge in [0.1, 0.15) is 11.6 Å². The lowest BCUT2D eigenvalue weighted by atomic mass is 9.89. The minimum absolute atomic E-state index is 0.0870. The van der Waals surface area contributed by atoms with Crippen LogP contribution in [0.4, 0.5) is 0 Å². The molecule has 1 unspecified atom stereocenters. The highest BCUT2D eigenvalue weighted by Gasteiger charge is 2.52. The van der Waals surface area contributed by atoms with E-state index in [0.717, 1.165) is 45.1 Å². The van der Waals surface area contributed by atoms with Crippen LogP contribution in [0.5, 0.6) is 0 Å². The van der Waals surface area contributed by atoms with Gasteiger partial charge in [-0.1, -0.05) is 26.2 Å². The predicted octanol–water partition coefficient (Wildman–Crippen LogP) is 1.84. The zero-order valence-electron chi connectivity index (χ0n) is 11.8. The van der Waals surface area contributed by atoms with Crippen molar-refractivity contribution in [3.05, 3.63) is 0 Å². The van der Waals surface area contributed by atoms with Gasteiger partial charge in [0, 0.05) is 6.54 Å². The van der Waals surface area contributed by atoms with E-state index in [1.807, 2.05) is 4.90 Å². The first-order chi connectivity index (χ1) is 9.16. The van der Waals surface area contributed by atoms with E-state index in [4.69, 9.17) is 0 Å². The maximum Gasteiger partial charge on any atom is 0.249 e. The standard InChI is InChI=1S/C15H24N2O2/c1-2-5-12-13(18)16-15(8-3-4-9-15)14(19)17(12)10-11-6-7-11/h11-12H,2-10H2,1H3,(H,16,18). The number of carbonyl (C=O) groups excluding carboxylic acids is 2. The number of piperazine rings is 1. The molecule has 4 nitrogen and oxygen atoms in total. The van der Waals surface area contributed by atoms with E-state index in [-0.39, 0.29) is 17.9 Å². The summed E-state index contributed by atoms with van der Waals surface area (Å²) in [6, 6.07) is -0.218. The SMILES string of the molecule is CCCC1C(=O)NC2(CCCC2)C(=O)N1CC1CC1. The Morgan fingerprint density at radius 3 is 2.53 bits per heavy atom. The molecule has 0 aromatic rings. The molecule has 1 heterocycles. The first-order valence-electron chi connectivity index (χ1n) is 7.79. The van der Waals surface area contributed by atoms with Crippen LogP contribution < -0.4 is 5.32 Å². The summed E-state index contributed by atoms with van der Waals surface area (Å²) in [6.07, 6.45) is 7.95. The largest absolute Gasteiger partial charge is 0.340 e. The second-order valence-corrected chi connectivity index (χ2v) is 6.48. The summed E-state index contributed by atoms with van der Waals surface area (Å²) in [5, 5.41) is 3.07. The third-order valence-corrected chi connectivity index (χ3v) is 4.88. The minimum atomic E-state index is -0.545. The molecule has 2 amide bonds. The molecule has 19 heavy (non-hydrogen) atoms. The Kier molecular flexibility index (Phi) is 3.27. The van der Waals surface area contributed by atoms with Crippen LogP contribution in [-0.4, -0.2) is 34.8 Å². The molecular formula is C15H24N2O2. The van der Waals surface area contributed by atoms with Crippen LogP contribution in [0.3, 0.4) is 0 Å². The molecule has 1 N–H and O–H groups in total. The highest BCUT2D eigenvalue weighted by molar-refractivity contribution is 6.00. The fraction of sp³-hybridized carbons (Fsp3) is 0.867. The maximum atomic E-state index is 12.9. The molecule has 3 rings (SSSR count). The van der Waals surface area contributed by atoms with Gasteiger partial charge in [0.05, 0.1) is 0 Å². The molecule has 0 aromatic heterocycles. The Hall–Kier alpha value is -1.06. The molecule has 106 valence electrons. The average molecular weight is 264 g/mol. The van der Waals surface area contributed by atoms with Gasteiger partial charge in [0.25, 0.3) is 0 Å². The molecule has 1 aliphatic heterocycles. The fourth-order valence-corrected chi connectivity index (χ4v) is 3.60. The molecule has 3 aliphatic rings. The summed E-state index contributed by atoms with van der Waals surface area (Å²) in [5.41, 5.74) is -0.545. The molecular weight excluding hydrogens is 240 g/mol. The number of carbonyl (C=O) groups is 2. The maximum absolute atomic E-state index is 12.9. The monoisotopic (exact) mass is 264 g/mol. The van der Waals surface area contributed by atoms with Gasteiger partial charge in [-0.3, -0.25) is 9.59 Å². The van der Waals surface area contributed by atoms with Gasteiger partial charge in [-0.2, -0.15) is 0 Å². The molecule has 2 saturated carbocycles. The molecule has 1 atom stereocenters. The van der Waals surface area contributed by atoms with Gasteiger partial charge < -0.3 is 10.2 Å². The quantitative estimate of drug-likeness (QED) is 0.842. The summed E-state index contributed by atoms with van der Waals surface area (Å²) in [7, 11) is 0. The molecule has 3 fully saturated rings. The van der Waals surface area contributed by atoms with Gasteiger partial charge in [-0.25, -0.2) is 0 Å². The van der Waals surface area contributed by atoms with Crippen LogP contribution in [0, 0.1) is 5.92 Å². The smallest absolute Gasteiger partial charge is 0.249 e. The summed E-state index contributed by atoms with van der Waals surface area (Å²) < 4.78 is 0. The third-order valence-electron chi connectivity index (χ3n) is 4.88. The van der Waals surface area contributed by atoms with Crippen molar-refractivity contribution in [2.75, 3.05) is 6.54 Å². The van der Waals surface area contributed by atoms with E-state index in [0.29, 0.717) is 5.92 Å². The van der Waals surface area contributed by atoms with Crippen LogP contribution in [-0.2, 0) is 9.59 Å². The molecule has 0 radical (unpaired) electrons. The van der Waals surface area contributed by atoms with E-state index in [9.17, 15) is 9.59 Å². The van der Waals surface area contributed by atoms with Crippen molar-refractivity contribution >= 4 is 11.8 Å². The molecule has 4 heteroatoms. The first-order valence-corrected chi connectivity index (χ1v) is 7.79. The van der Waals surface area contributed by atoms with Gasteiger partial charge >= 0.3 is 0 Å². The molecule has 0 bridgehead atoms. The van der Waals surface area contributed by atoms with Crippen molar-refractivity contribution in [3.63, 3.8) is 0 Å². The second-order valence-electron chi connectivity index (χ2n) is 6.48. The van der Waals surface area contributed by atoms with Crippen molar-refractivity contribution < 1.29 is 9.59 Å². The van der Waals surface area contributed by atoms with Crippen molar-refractivity contribution in [2.45, 2.75) is 69.9 Å². The summed E-state index contributed by atoms with van der Waals surface area (Å²) in [4.78, 5) is 27.2. The third kappa shape index (κ3) is 2.26. The lowest BCUT2D eigenvalue weighted by Crippen LogP contribution is -2.69. The average Bonchev–Trinajstić information content (AvgIpc) is 3.09. The van der Waals surface area contributed by atoms with Gasteiger partial charge in [-0.05, 0) is 38.0 Å². The van der Waals surface area contributed by atoms with Gasteiger partial charge in [0.15, 0.2) is 0 Å². The normalized spacial score (nSPS) is 29.9. The molecule has 1 saturated heterocycles. The van der Waals surface area contributed by atoms with E-state index >= 15 is 0 Å². The Labute approximate surface area is 114 Å². The van der Waals surface area contributed by atoms with Crippen molar-refractivity contribution in [2.24, 2.45) is 5.92 Å². The van der Waals surface area contributed by atoms with E-state index < -0.39 is 5.54 Å². The minimum Gasteiger partial charge on any atom is -0.340 e. The summed E-state index contributed by atoms with van der Waals surface area (Å²) in [5.74, 6) is 0.937. The molecule has 2 aliphatic carbocycles. The van der Waals surface area contributed by atoms with Crippen molar-refractivity contribution in [1.82, 2.24) is 10.2 Å². The lowest BCUT2D eigenvalue weighted by molar-refractivity contribution is -0.155. The zero-order valence-corrected chi connectivity index (χ0v) is 11.8. The molecule has 1 spiro atoms. The number of nitrogens with zero attached hydrogens (tertiary/aromatic N) is 1.